The van der Waals surface area contributed by atoms with Crippen LogP contribution in [-0.4, -0.2) is 47.6 Å². The van der Waals surface area contributed by atoms with Gasteiger partial charge in [0.1, 0.15) is 17.3 Å². The number of aliphatic hydroxyl groups is 1. The van der Waals surface area contributed by atoms with E-state index in [-0.39, 0.29) is 24.2 Å². The van der Waals surface area contributed by atoms with Gasteiger partial charge in [0.15, 0.2) is 0 Å². The molecule has 0 radical (unpaired) electrons. The molecule has 0 unspecified atom stereocenters. The standard InChI is InChI=1S/C18H19F2N3O2/c1-22(2)12-5-6-21-16(8-12)18(25)23-10-13(24)9-17(23)14-7-11(19)3-4-15(14)20/h3-8,13,17,24H,9-10H2,1-2H3/t13-,17+/m0/s1. The molecule has 0 spiro atoms. The van der Waals surface area contributed by atoms with E-state index in [1.54, 1.807) is 12.1 Å². The van der Waals surface area contributed by atoms with E-state index >= 15 is 0 Å². The molecule has 1 aliphatic heterocycles. The fourth-order valence-electron chi connectivity index (χ4n) is 3.06. The molecule has 1 saturated heterocycles. The van der Waals surface area contributed by atoms with Crippen molar-refractivity contribution in [1.29, 1.82) is 0 Å². The van der Waals surface area contributed by atoms with Crippen LogP contribution in [0.1, 0.15) is 28.5 Å². The number of nitrogens with zero attached hydrogens (tertiary/aromatic N) is 3. The van der Waals surface area contributed by atoms with Crippen LogP contribution in [0.2, 0.25) is 0 Å². The average molecular weight is 347 g/mol. The number of likely N-dealkylation sites (tertiary alicyclic amines) is 1. The lowest BCUT2D eigenvalue weighted by Gasteiger charge is -2.25. The summed E-state index contributed by atoms with van der Waals surface area (Å²) in [7, 11) is 3.68. The van der Waals surface area contributed by atoms with Crippen molar-refractivity contribution >= 4 is 11.6 Å². The van der Waals surface area contributed by atoms with Gasteiger partial charge >= 0.3 is 0 Å². The third-order valence-corrected chi connectivity index (χ3v) is 4.34. The number of hydrogen-bond acceptors (Lipinski definition) is 4. The molecular weight excluding hydrogens is 328 g/mol. The van der Waals surface area contributed by atoms with Crippen LogP contribution in [0.15, 0.2) is 36.5 Å². The van der Waals surface area contributed by atoms with Crippen molar-refractivity contribution in [2.75, 3.05) is 25.5 Å². The highest BCUT2D eigenvalue weighted by Gasteiger charge is 2.37. The molecule has 7 heteroatoms. The average Bonchev–Trinajstić information content (AvgIpc) is 2.98. The maximum atomic E-state index is 14.1. The van der Waals surface area contributed by atoms with Gasteiger partial charge in [0, 0.05) is 38.1 Å². The minimum atomic E-state index is -0.798. The van der Waals surface area contributed by atoms with Crippen LogP contribution in [-0.2, 0) is 0 Å². The Labute approximate surface area is 144 Å². The highest BCUT2D eigenvalue weighted by atomic mass is 19.1. The molecule has 5 nitrogen and oxygen atoms in total. The SMILES string of the molecule is CN(C)c1ccnc(C(=O)N2C[C@@H](O)C[C@@H]2c2cc(F)ccc2F)c1. The maximum Gasteiger partial charge on any atom is 0.273 e. The lowest BCUT2D eigenvalue weighted by atomic mass is 10.0. The minimum Gasteiger partial charge on any atom is -0.391 e. The highest BCUT2D eigenvalue weighted by Crippen LogP contribution is 2.35. The Morgan fingerprint density at radius 1 is 1.28 bits per heavy atom. The predicted molar refractivity (Wildman–Crippen MR) is 89.3 cm³/mol. The fourth-order valence-corrected chi connectivity index (χ4v) is 3.06. The van der Waals surface area contributed by atoms with Gasteiger partial charge in [-0.15, -0.1) is 0 Å². The summed E-state index contributed by atoms with van der Waals surface area (Å²) < 4.78 is 27.7. The molecule has 1 fully saturated rings. The van der Waals surface area contributed by atoms with E-state index in [9.17, 15) is 18.7 Å². The van der Waals surface area contributed by atoms with Gasteiger partial charge in [0.05, 0.1) is 12.1 Å². The van der Waals surface area contributed by atoms with E-state index in [2.05, 4.69) is 4.98 Å². The van der Waals surface area contributed by atoms with Crippen LogP contribution in [0.3, 0.4) is 0 Å². The third-order valence-electron chi connectivity index (χ3n) is 4.34. The number of β-amino-alcohol motifs (C(OH)–C–C–N with tert-alkyl or cyclic N) is 1. The molecule has 1 amide bonds. The molecule has 1 N–H and O–H groups in total. The Balaban J connectivity index is 1.95. The lowest BCUT2D eigenvalue weighted by Crippen LogP contribution is -2.33. The molecule has 0 aliphatic carbocycles. The van der Waals surface area contributed by atoms with Gasteiger partial charge in [-0.1, -0.05) is 0 Å². The topological polar surface area (TPSA) is 56.7 Å². The number of pyridine rings is 1. The molecule has 2 heterocycles. The molecule has 132 valence electrons. The molecule has 0 saturated carbocycles. The van der Waals surface area contributed by atoms with Gasteiger partial charge < -0.3 is 14.9 Å². The van der Waals surface area contributed by atoms with Crippen molar-refractivity contribution in [2.45, 2.75) is 18.6 Å². The number of halogens is 2. The largest absolute Gasteiger partial charge is 0.391 e. The zero-order valence-corrected chi connectivity index (χ0v) is 14.0. The number of aromatic nitrogens is 1. The van der Waals surface area contributed by atoms with Crippen LogP contribution in [0, 0.1) is 11.6 Å². The van der Waals surface area contributed by atoms with Crippen molar-refractivity contribution in [3.8, 4) is 0 Å². The van der Waals surface area contributed by atoms with Gasteiger partial charge in [-0.2, -0.15) is 0 Å². The molecular formula is C18H19F2N3O2. The summed E-state index contributed by atoms with van der Waals surface area (Å²) in [6.45, 7) is 0.0489. The van der Waals surface area contributed by atoms with Crippen LogP contribution in [0.4, 0.5) is 14.5 Å². The lowest BCUT2D eigenvalue weighted by molar-refractivity contribution is 0.0708. The smallest absolute Gasteiger partial charge is 0.273 e. The highest BCUT2D eigenvalue weighted by molar-refractivity contribution is 5.93. The van der Waals surface area contributed by atoms with E-state index < -0.39 is 29.7 Å². The van der Waals surface area contributed by atoms with Crippen LogP contribution >= 0.6 is 0 Å². The third kappa shape index (κ3) is 3.46. The maximum absolute atomic E-state index is 14.1. The normalized spacial score (nSPS) is 20.0. The number of aliphatic hydroxyl groups excluding tert-OH is 1. The Bertz CT molecular complexity index is 798. The molecule has 3 rings (SSSR count). The number of carbonyl (C=O) groups excluding carboxylic acids is 1. The van der Waals surface area contributed by atoms with Crippen molar-refractivity contribution < 1.29 is 18.7 Å². The minimum absolute atomic E-state index is 0.0489. The number of carbonyl (C=O) groups is 1. The monoisotopic (exact) mass is 347 g/mol. The van der Waals surface area contributed by atoms with Gasteiger partial charge in [-0.05, 0) is 36.8 Å². The van der Waals surface area contributed by atoms with Crippen molar-refractivity contribution in [1.82, 2.24) is 9.88 Å². The number of anilines is 1. The van der Waals surface area contributed by atoms with Gasteiger partial charge in [-0.3, -0.25) is 9.78 Å². The first kappa shape index (κ1) is 17.3. The molecule has 0 bridgehead atoms. The van der Waals surface area contributed by atoms with E-state index in [1.165, 1.54) is 11.1 Å². The van der Waals surface area contributed by atoms with Gasteiger partial charge in [0.25, 0.3) is 5.91 Å². The van der Waals surface area contributed by atoms with Crippen LogP contribution in [0.25, 0.3) is 0 Å². The summed E-state index contributed by atoms with van der Waals surface area (Å²) >= 11 is 0. The van der Waals surface area contributed by atoms with E-state index in [0.717, 1.165) is 23.9 Å². The molecule has 2 aromatic rings. The predicted octanol–water partition coefficient (Wildman–Crippen LogP) is 2.37. The molecule has 1 aliphatic rings. The first-order chi connectivity index (χ1) is 11.9. The summed E-state index contributed by atoms with van der Waals surface area (Å²) in [6, 6.07) is 5.79. The Hall–Kier alpha value is -2.54. The zero-order chi connectivity index (χ0) is 18.1. The van der Waals surface area contributed by atoms with Crippen molar-refractivity contribution in [2.24, 2.45) is 0 Å². The quantitative estimate of drug-likeness (QED) is 0.926. The first-order valence-electron chi connectivity index (χ1n) is 7.94. The number of rotatable bonds is 3. The molecule has 1 aromatic heterocycles. The second kappa shape index (κ2) is 6.76. The summed E-state index contributed by atoms with van der Waals surface area (Å²) in [4.78, 5) is 20.1. The summed E-state index contributed by atoms with van der Waals surface area (Å²) in [5.41, 5.74) is 1.06. The number of benzene rings is 1. The Kier molecular flexibility index (Phi) is 4.67. The van der Waals surface area contributed by atoms with Crippen LogP contribution in [0.5, 0.6) is 0 Å². The van der Waals surface area contributed by atoms with Gasteiger partial charge in [-0.25, -0.2) is 8.78 Å². The van der Waals surface area contributed by atoms with E-state index in [4.69, 9.17) is 0 Å². The second-order valence-corrected chi connectivity index (χ2v) is 6.32. The summed E-state index contributed by atoms with van der Waals surface area (Å²) in [5.74, 6) is -1.61. The zero-order valence-electron chi connectivity index (χ0n) is 14.0. The molecule has 25 heavy (non-hydrogen) atoms. The van der Waals surface area contributed by atoms with Crippen molar-refractivity contribution in [3.63, 3.8) is 0 Å². The Morgan fingerprint density at radius 3 is 2.76 bits per heavy atom. The fraction of sp³-hybridized carbons (Fsp3) is 0.333. The summed E-state index contributed by atoms with van der Waals surface area (Å²) in [5, 5.41) is 9.99. The first-order valence-corrected chi connectivity index (χ1v) is 7.94. The number of hydrogen-bond donors (Lipinski definition) is 1. The number of amides is 1. The van der Waals surface area contributed by atoms with Gasteiger partial charge in [0.2, 0.25) is 0 Å². The Morgan fingerprint density at radius 2 is 2.04 bits per heavy atom. The molecule has 1 aromatic carbocycles. The molecule has 2 atom stereocenters. The van der Waals surface area contributed by atoms with E-state index in [0.29, 0.717) is 0 Å². The summed E-state index contributed by atoms with van der Waals surface area (Å²) in [6.07, 6.45) is 0.875. The second-order valence-electron chi connectivity index (χ2n) is 6.32. The van der Waals surface area contributed by atoms with Crippen LogP contribution < -0.4 is 4.90 Å². The van der Waals surface area contributed by atoms with Crippen molar-refractivity contribution in [3.05, 3.63) is 59.4 Å². The van der Waals surface area contributed by atoms with E-state index in [1.807, 2.05) is 19.0 Å².